The van der Waals surface area contributed by atoms with Gasteiger partial charge >= 0.3 is 0 Å². The fourth-order valence-electron chi connectivity index (χ4n) is 3.51. The Morgan fingerprint density at radius 2 is 1.89 bits per heavy atom. The van der Waals surface area contributed by atoms with Crippen molar-refractivity contribution >= 4 is 35.3 Å². The van der Waals surface area contributed by atoms with E-state index in [9.17, 15) is 4.79 Å². The highest BCUT2D eigenvalue weighted by Gasteiger charge is 2.28. The average molecular weight is 409 g/mol. The van der Waals surface area contributed by atoms with Crippen molar-refractivity contribution in [3.05, 3.63) is 40.1 Å². The molecule has 1 amide bonds. The van der Waals surface area contributed by atoms with E-state index in [0.29, 0.717) is 19.8 Å². The maximum Gasteiger partial charge on any atom is 0.230 e. The highest BCUT2D eigenvalue weighted by molar-refractivity contribution is 7.11. The number of piperidine rings is 1. The Morgan fingerprint density at radius 1 is 1.15 bits per heavy atom. The zero-order chi connectivity index (χ0) is 17.9. The molecule has 0 saturated carbocycles. The Hall–Kier alpha value is -1.76. The van der Waals surface area contributed by atoms with Crippen molar-refractivity contribution in [2.75, 3.05) is 31.2 Å². The Bertz CT molecular complexity index is 789. The second-order valence-corrected chi connectivity index (χ2v) is 8.16. The summed E-state index contributed by atoms with van der Waals surface area (Å²) in [6.45, 7) is 5.62. The third-order valence-corrected chi connectivity index (χ3v) is 5.89. The molecule has 2 aromatic rings. The number of hydrogen-bond acceptors (Lipinski definition) is 5. The van der Waals surface area contributed by atoms with Crippen LogP contribution in [0.2, 0.25) is 0 Å². The summed E-state index contributed by atoms with van der Waals surface area (Å²) in [5, 5.41) is 3.34. The van der Waals surface area contributed by atoms with Gasteiger partial charge in [0.05, 0.1) is 6.54 Å². The lowest BCUT2D eigenvalue weighted by Gasteiger charge is -2.30. The van der Waals surface area contributed by atoms with Crippen LogP contribution in [0.5, 0.6) is 11.5 Å². The molecule has 3 heterocycles. The zero-order valence-electron chi connectivity index (χ0n) is 15.4. The van der Waals surface area contributed by atoms with Gasteiger partial charge < -0.3 is 19.7 Å². The topological polar surface area (TPSA) is 50.8 Å². The SMILES string of the molecule is Cc1ccc(CN(C(=O)C2CCNCC2)c2ccc3c(c2)OCCO3)s1.Cl. The molecule has 7 heteroatoms. The van der Waals surface area contributed by atoms with Crippen molar-refractivity contribution in [2.45, 2.75) is 26.3 Å². The lowest BCUT2D eigenvalue weighted by atomic mass is 9.96. The second kappa shape index (κ2) is 8.95. The molecule has 1 aromatic carbocycles. The van der Waals surface area contributed by atoms with Gasteiger partial charge in [-0.25, -0.2) is 0 Å². The molecule has 4 rings (SSSR count). The molecule has 0 atom stereocenters. The van der Waals surface area contributed by atoms with E-state index >= 15 is 0 Å². The van der Waals surface area contributed by atoms with Gasteiger partial charge in [-0.15, -0.1) is 23.7 Å². The van der Waals surface area contributed by atoms with Crippen LogP contribution in [-0.4, -0.2) is 32.2 Å². The van der Waals surface area contributed by atoms with E-state index < -0.39 is 0 Å². The summed E-state index contributed by atoms with van der Waals surface area (Å²) in [5.74, 6) is 1.75. The largest absolute Gasteiger partial charge is 0.486 e. The summed E-state index contributed by atoms with van der Waals surface area (Å²) in [6.07, 6.45) is 1.78. The predicted molar refractivity (Wildman–Crippen MR) is 111 cm³/mol. The summed E-state index contributed by atoms with van der Waals surface area (Å²) in [7, 11) is 0. The predicted octanol–water partition coefficient (Wildman–Crippen LogP) is 3.78. The number of aryl methyl sites for hydroxylation is 1. The van der Waals surface area contributed by atoms with Crippen LogP contribution in [0.3, 0.4) is 0 Å². The first-order valence-corrected chi connectivity index (χ1v) is 9.99. The number of nitrogens with zero attached hydrogens (tertiary/aromatic N) is 1. The van der Waals surface area contributed by atoms with Gasteiger partial charge in [-0.2, -0.15) is 0 Å². The molecule has 1 fully saturated rings. The summed E-state index contributed by atoms with van der Waals surface area (Å²) in [5.41, 5.74) is 0.879. The third kappa shape index (κ3) is 4.57. The number of ether oxygens (including phenoxy) is 2. The van der Waals surface area contributed by atoms with Crippen LogP contribution in [0.4, 0.5) is 5.69 Å². The molecule has 0 bridgehead atoms. The first-order chi connectivity index (χ1) is 12.7. The highest BCUT2D eigenvalue weighted by atomic mass is 35.5. The molecular weight excluding hydrogens is 384 g/mol. The number of amides is 1. The van der Waals surface area contributed by atoms with Crippen molar-refractivity contribution in [2.24, 2.45) is 5.92 Å². The van der Waals surface area contributed by atoms with E-state index in [2.05, 4.69) is 24.4 Å². The van der Waals surface area contributed by atoms with Crippen LogP contribution >= 0.6 is 23.7 Å². The number of nitrogens with one attached hydrogen (secondary N) is 1. The van der Waals surface area contributed by atoms with Crippen LogP contribution in [0.1, 0.15) is 22.6 Å². The maximum absolute atomic E-state index is 13.3. The number of hydrogen-bond donors (Lipinski definition) is 1. The van der Waals surface area contributed by atoms with Gasteiger partial charge in [-0.1, -0.05) is 0 Å². The maximum atomic E-state index is 13.3. The second-order valence-electron chi connectivity index (χ2n) is 6.79. The molecule has 2 aliphatic rings. The summed E-state index contributed by atoms with van der Waals surface area (Å²) >= 11 is 1.74. The van der Waals surface area contributed by atoms with Crippen molar-refractivity contribution in [1.29, 1.82) is 0 Å². The van der Waals surface area contributed by atoms with Gasteiger partial charge in [0.15, 0.2) is 11.5 Å². The fourth-order valence-corrected chi connectivity index (χ4v) is 4.39. The standard InChI is InChI=1S/C20H24N2O3S.ClH/c1-14-2-4-17(26-14)13-22(20(23)15-6-8-21-9-7-15)16-3-5-18-19(12-16)25-11-10-24-18;/h2-5,12,15,21H,6-11,13H2,1H3;1H. The van der Waals surface area contributed by atoms with Crippen molar-refractivity contribution in [1.82, 2.24) is 5.32 Å². The first kappa shape index (κ1) is 20.0. The molecule has 0 unspecified atom stereocenters. The summed E-state index contributed by atoms with van der Waals surface area (Å²) < 4.78 is 11.3. The van der Waals surface area contributed by atoms with Crippen LogP contribution in [0, 0.1) is 12.8 Å². The Balaban J connectivity index is 0.00000210. The molecule has 146 valence electrons. The number of rotatable bonds is 4. The smallest absolute Gasteiger partial charge is 0.230 e. The van der Waals surface area contributed by atoms with E-state index in [-0.39, 0.29) is 24.2 Å². The molecule has 27 heavy (non-hydrogen) atoms. The van der Waals surface area contributed by atoms with E-state index in [1.165, 1.54) is 9.75 Å². The van der Waals surface area contributed by atoms with E-state index in [1.54, 1.807) is 11.3 Å². The summed E-state index contributed by atoms with van der Waals surface area (Å²) in [4.78, 5) is 17.7. The molecule has 0 aliphatic carbocycles. The number of halogens is 1. The van der Waals surface area contributed by atoms with E-state index in [0.717, 1.165) is 43.1 Å². The Morgan fingerprint density at radius 3 is 2.59 bits per heavy atom. The first-order valence-electron chi connectivity index (χ1n) is 9.18. The quantitative estimate of drug-likeness (QED) is 0.836. The Labute approximate surface area is 170 Å². The molecule has 1 saturated heterocycles. The monoisotopic (exact) mass is 408 g/mol. The lowest BCUT2D eigenvalue weighted by molar-refractivity contribution is -0.123. The number of anilines is 1. The van der Waals surface area contributed by atoms with Gasteiger partial charge in [0.2, 0.25) is 5.91 Å². The van der Waals surface area contributed by atoms with Gasteiger partial charge in [0, 0.05) is 27.4 Å². The van der Waals surface area contributed by atoms with Gasteiger partial charge in [0.25, 0.3) is 0 Å². The van der Waals surface area contributed by atoms with Gasteiger partial charge in [-0.3, -0.25) is 4.79 Å². The number of benzene rings is 1. The van der Waals surface area contributed by atoms with E-state index in [1.807, 2.05) is 23.1 Å². The summed E-state index contributed by atoms with van der Waals surface area (Å²) in [6, 6.07) is 10.0. The zero-order valence-corrected chi connectivity index (χ0v) is 17.0. The minimum atomic E-state index is 0. The molecule has 5 nitrogen and oxygen atoms in total. The highest BCUT2D eigenvalue weighted by Crippen LogP contribution is 2.35. The molecule has 1 aromatic heterocycles. The minimum Gasteiger partial charge on any atom is -0.486 e. The van der Waals surface area contributed by atoms with Crippen molar-refractivity contribution < 1.29 is 14.3 Å². The van der Waals surface area contributed by atoms with Crippen molar-refractivity contribution in [3.63, 3.8) is 0 Å². The molecular formula is C20H25ClN2O3S. The van der Waals surface area contributed by atoms with Crippen LogP contribution in [0.15, 0.2) is 30.3 Å². The molecule has 0 spiro atoms. The number of carbonyl (C=O) groups is 1. The number of carbonyl (C=O) groups excluding carboxylic acids is 1. The molecule has 2 aliphatic heterocycles. The lowest BCUT2D eigenvalue weighted by Crippen LogP contribution is -2.40. The number of thiophene rings is 1. The average Bonchev–Trinajstić information content (AvgIpc) is 3.11. The third-order valence-electron chi connectivity index (χ3n) is 4.90. The minimum absolute atomic E-state index is 0. The van der Waals surface area contributed by atoms with Crippen LogP contribution in [0.25, 0.3) is 0 Å². The van der Waals surface area contributed by atoms with Crippen molar-refractivity contribution in [3.8, 4) is 11.5 Å². The fraction of sp³-hybridized carbons (Fsp3) is 0.450. The molecule has 0 radical (unpaired) electrons. The van der Waals surface area contributed by atoms with Crippen LogP contribution in [-0.2, 0) is 11.3 Å². The van der Waals surface area contributed by atoms with Crippen LogP contribution < -0.4 is 19.7 Å². The van der Waals surface area contributed by atoms with E-state index in [4.69, 9.17) is 9.47 Å². The normalized spacial score (nSPS) is 16.5. The van der Waals surface area contributed by atoms with Gasteiger partial charge in [0.1, 0.15) is 13.2 Å². The Kier molecular flexibility index (Phi) is 6.63. The molecule has 1 N–H and O–H groups in total. The number of fused-ring (bicyclic) bond motifs is 1. The van der Waals surface area contributed by atoms with Gasteiger partial charge in [-0.05, 0) is 57.1 Å².